The Kier molecular flexibility index (Phi) is 4.27. The normalized spacial score (nSPS) is 12.1. The van der Waals surface area contributed by atoms with Crippen molar-refractivity contribution < 1.29 is 9.90 Å². The van der Waals surface area contributed by atoms with Gasteiger partial charge in [-0.2, -0.15) is 0 Å². The lowest BCUT2D eigenvalue weighted by molar-refractivity contribution is -0.138. The summed E-state index contributed by atoms with van der Waals surface area (Å²) in [5, 5.41) is 12.7. The molecular formula is C12H9BrClNO2S. The molecule has 0 spiro atoms. The average molecular weight is 347 g/mol. The summed E-state index contributed by atoms with van der Waals surface area (Å²) < 4.78 is 0.893. The fourth-order valence-corrected chi connectivity index (χ4v) is 3.13. The van der Waals surface area contributed by atoms with Gasteiger partial charge in [0, 0.05) is 4.88 Å². The summed E-state index contributed by atoms with van der Waals surface area (Å²) >= 11 is 10.7. The fourth-order valence-electron chi connectivity index (χ4n) is 1.47. The molecule has 0 aliphatic rings. The van der Waals surface area contributed by atoms with E-state index in [0.29, 0.717) is 15.6 Å². The maximum atomic E-state index is 11.3. The van der Waals surface area contributed by atoms with Crippen molar-refractivity contribution in [3.8, 4) is 0 Å². The Labute approximate surface area is 122 Å². The summed E-state index contributed by atoms with van der Waals surface area (Å²) in [6.07, 6.45) is 0. The van der Waals surface area contributed by atoms with E-state index < -0.39 is 12.0 Å². The van der Waals surface area contributed by atoms with E-state index in [0.717, 1.165) is 3.79 Å². The van der Waals surface area contributed by atoms with Crippen molar-refractivity contribution in [2.24, 2.45) is 0 Å². The van der Waals surface area contributed by atoms with Gasteiger partial charge in [-0.3, -0.25) is 0 Å². The number of rotatable bonds is 4. The van der Waals surface area contributed by atoms with Crippen LogP contribution in [0.15, 0.2) is 40.2 Å². The number of thiophene rings is 1. The van der Waals surface area contributed by atoms with E-state index in [1.165, 1.54) is 11.3 Å². The highest BCUT2D eigenvalue weighted by molar-refractivity contribution is 9.11. The van der Waals surface area contributed by atoms with Crippen LogP contribution in [-0.4, -0.2) is 11.1 Å². The quantitative estimate of drug-likeness (QED) is 0.862. The number of halogens is 2. The number of hydrogen-bond donors (Lipinski definition) is 2. The molecular weight excluding hydrogens is 338 g/mol. The molecule has 0 aliphatic heterocycles. The highest BCUT2D eigenvalue weighted by Crippen LogP contribution is 2.31. The van der Waals surface area contributed by atoms with E-state index in [9.17, 15) is 9.90 Å². The fraction of sp³-hybridized carbons (Fsp3) is 0.0833. The first-order valence-electron chi connectivity index (χ1n) is 5.07. The Morgan fingerprint density at radius 3 is 2.61 bits per heavy atom. The molecule has 1 atom stereocenters. The molecule has 2 N–H and O–H groups in total. The zero-order valence-electron chi connectivity index (χ0n) is 9.06. The minimum atomic E-state index is -0.940. The van der Waals surface area contributed by atoms with Gasteiger partial charge in [0.05, 0.1) is 14.5 Å². The van der Waals surface area contributed by atoms with Crippen LogP contribution >= 0.6 is 38.9 Å². The minimum Gasteiger partial charge on any atom is -0.479 e. The van der Waals surface area contributed by atoms with E-state index in [4.69, 9.17) is 11.6 Å². The summed E-state index contributed by atoms with van der Waals surface area (Å²) in [5.41, 5.74) is 0.607. The van der Waals surface area contributed by atoms with Crippen molar-refractivity contribution in [3.05, 3.63) is 50.1 Å². The predicted molar refractivity (Wildman–Crippen MR) is 77.5 cm³/mol. The van der Waals surface area contributed by atoms with Crippen LogP contribution in [0.2, 0.25) is 5.02 Å². The van der Waals surface area contributed by atoms with Gasteiger partial charge in [-0.1, -0.05) is 23.7 Å². The summed E-state index contributed by atoms with van der Waals surface area (Å²) in [7, 11) is 0. The maximum Gasteiger partial charge on any atom is 0.331 e. The van der Waals surface area contributed by atoms with Crippen LogP contribution in [0.3, 0.4) is 0 Å². The van der Waals surface area contributed by atoms with Gasteiger partial charge < -0.3 is 10.4 Å². The first kappa shape index (κ1) is 13.4. The molecule has 1 aromatic carbocycles. The molecule has 1 heterocycles. The first-order chi connectivity index (χ1) is 8.58. The molecule has 18 heavy (non-hydrogen) atoms. The van der Waals surface area contributed by atoms with Crippen molar-refractivity contribution in [2.75, 3.05) is 5.32 Å². The zero-order chi connectivity index (χ0) is 13.1. The number of para-hydroxylation sites is 1. The van der Waals surface area contributed by atoms with Gasteiger partial charge in [-0.15, -0.1) is 11.3 Å². The molecule has 0 saturated heterocycles. The Bertz CT molecular complexity index is 573. The third-order valence-corrected chi connectivity index (χ3v) is 4.32. The topological polar surface area (TPSA) is 49.3 Å². The standard InChI is InChI=1S/C12H9BrClNO2S/c13-10-6-5-9(18-10)11(12(16)17)15-8-4-2-1-3-7(8)14/h1-6,11,15H,(H,16,17). The van der Waals surface area contributed by atoms with Crippen LogP contribution in [0.5, 0.6) is 0 Å². The third kappa shape index (κ3) is 3.04. The van der Waals surface area contributed by atoms with Crippen molar-refractivity contribution in [3.63, 3.8) is 0 Å². The second kappa shape index (κ2) is 5.73. The van der Waals surface area contributed by atoms with Gasteiger partial charge in [0.1, 0.15) is 0 Å². The Hall–Kier alpha value is -1.04. The van der Waals surface area contributed by atoms with Gasteiger partial charge >= 0.3 is 5.97 Å². The van der Waals surface area contributed by atoms with Gasteiger partial charge in [-0.05, 0) is 40.2 Å². The molecule has 1 aromatic heterocycles. The van der Waals surface area contributed by atoms with Crippen molar-refractivity contribution in [2.45, 2.75) is 6.04 Å². The third-order valence-electron chi connectivity index (χ3n) is 2.30. The Balaban J connectivity index is 2.28. The van der Waals surface area contributed by atoms with E-state index in [-0.39, 0.29) is 0 Å². The van der Waals surface area contributed by atoms with Gasteiger partial charge in [0.25, 0.3) is 0 Å². The average Bonchev–Trinajstić information content (AvgIpc) is 2.74. The number of anilines is 1. The summed E-state index contributed by atoms with van der Waals surface area (Å²) in [5.74, 6) is -0.940. The highest BCUT2D eigenvalue weighted by Gasteiger charge is 2.22. The molecule has 6 heteroatoms. The van der Waals surface area contributed by atoms with Gasteiger partial charge in [0.2, 0.25) is 0 Å². The number of carboxylic acid groups (broad SMARTS) is 1. The van der Waals surface area contributed by atoms with Crippen molar-refractivity contribution >= 4 is 50.5 Å². The molecule has 2 aromatic rings. The lowest BCUT2D eigenvalue weighted by Gasteiger charge is -2.15. The van der Waals surface area contributed by atoms with E-state index in [2.05, 4.69) is 21.2 Å². The highest BCUT2D eigenvalue weighted by atomic mass is 79.9. The Morgan fingerprint density at radius 1 is 1.33 bits per heavy atom. The first-order valence-corrected chi connectivity index (χ1v) is 7.06. The lowest BCUT2D eigenvalue weighted by atomic mass is 10.2. The van der Waals surface area contributed by atoms with Crippen LogP contribution in [0, 0.1) is 0 Å². The van der Waals surface area contributed by atoms with Crippen LogP contribution in [0.1, 0.15) is 10.9 Å². The molecule has 0 aliphatic carbocycles. The second-order valence-electron chi connectivity index (χ2n) is 3.54. The van der Waals surface area contributed by atoms with E-state index >= 15 is 0 Å². The molecule has 2 rings (SSSR count). The maximum absolute atomic E-state index is 11.3. The Morgan fingerprint density at radius 2 is 2.06 bits per heavy atom. The number of carboxylic acids is 1. The molecule has 94 valence electrons. The number of nitrogens with one attached hydrogen (secondary N) is 1. The molecule has 3 nitrogen and oxygen atoms in total. The van der Waals surface area contributed by atoms with Crippen molar-refractivity contribution in [1.29, 1.82) is 0 Å². The predicted octanol–water partition coefficient (Wildman–Crippen LogP) is 4.40. The molecule has 0 amide bonds. The monoisotopic (exact) mass is 345 g/mol. The number of aliphatic carboxylic acids is 1. The minimum absolute atomic E-state index is 0.499. The van der Waals surface area contributed by atoms with Gasteiger partial charge in [-0.25, -0.2) is 4.79 Å². The molecule has 0 bridgehead atoms. The second-order valence-corrected chi connectivity index (χ2v) is 6.44. The van der Waals surface area contributed by atoms with E-state index in [1.54, 1.807) is 30.3 Å². The number of benzene rings is 1. The number of hydrogen-bond acceptors (Lipinski definition) is 3. The van der Waals surface area contributed by atoms with Crippen LogP contribution in [0.25, 0.3) is 0 Å². The SMILES string of the molecule is O=C(O)C(Nc1ccccc1Cl)c1ccc(Br)s1. The summed E-state index contributed by atoms with van der Waals surface area (Å²) in [6, 6.07) is 9.86. The zero-order valence-corrected chi connectivity index (χ0v) is 12.2. The van der Waals surface area contributed by atoms with E-state index in [1.807, 2.05) is 6.07 Å². The molecule has 0 radical (unpaired) electrons. The van der Waals surface area contributed by atoms with Crippen molar-refractivity contribution in [1.82, 2.24) is 0 Å². The molecule has 1 unspecified atom stereocenters. The smallest absolute Gasteiger partial charge is 0.331 e. The van der Waals surface area contributed by atoms with Gasteiger partial charge in [0.15, 0.2) is 6.04 Å². The summed E-state index contributed by atoms with van der Waals surface area (Å²) in [4.78, 5) is 12.0. The molecule has 0 fully saturated rings. The largest absolute Gasteiger partial charge is 0.479 e. The molecule has 0 saturated carbocycles. The van der Waals surface area contributed by atoms with Crippen LogP contribution in [-0.2, 0) is 4.79 Å². The van der Waals surface area contributed by atoms with Crippen LogP contribution in [0.4, 0.5) is 5.69 Å². The van der Waals surface area contributed by atoms with Crippen LogP contribution < -0.4 is 5.32 Å². The number of carbonyl (C=O) groups is 1. The lowest BCUT2D eigenvalue weighted by Crippen LogP contribution is -2.19. The summed E-state index contributed by atoms with van der Waals surface area (Å²) in [6.45, 7) is 0.